The smallest absolute Gasteiger partial charge is 0.0413 e. The molecule has 0 atom stereocenters. The Hall–Kier alpha value is -0.730. The molecule has 2 aliphatic carbocycles. The van der Waals surface area contributed by atoms with Crippen LogP contribution in [0, 0.1) is 11.8 Å². The van der Waals surface area contributed by atoms with Gasteiger partial charge in [0.05, 0.1) is 0 Å². The van der Waals surface area contributed by atoms with Gasteiger partial charge in [-0.1, -0.05) is 18.5 Å². The zero-order valence-corrected chi connectivity index (χ0v) is 13.8. The molecule has 21 heavy (non-hydrogen) atoms. The van der Waals surface area contributed by atoms with Crippen molar-refractivity contribution in [1.82, 2.24) is 5.32 Å². The molecule has 0 saturated heterocycles. The van der Waals surface area contributed by atoms with Crippen LogP contribution in [0.25, 0.3) is 0 Å². The number of benzene rings is 1. The minimum absolute atomic E-state index is 0.852. The van der Waals surface area contributed by atoms with E-state index in [1.54, 1.807) is 0 Å². The Morgan fingerprint density at radius 2 is 1.81 bits per heavy atom. The average molecular weight is 307 g/mol. The molecule has 0 heterocycles. The first kappa shape index (κ1) is 15.2. The van der Waals surface area contributed by atoms with Gasteiger partial charge in [-0.25, -0.2) is 0 Å². The molecule has 2 fully saturated rings. The first-order valence-corrected chi connectivity index (χ1v) is 8.88. The molecule has 2 nitrogen and oxygen atoms in total. The summed E-state index contributed by atoms with van der Waals surface area (Å²) in [6, 6.07) is 6.43. The third-order valence-corrected chi connectivity index (χ3v) is 4.71. The van der Waals surface area contributed by atoms with E-state index in [4.69, 9.17) is 11.6 Å². The SMILES string of the molecule is CCCNCc1cc(Cl)ccc1N(CC1CC1)CC1CC1. The summed E-state index contributed by atoms with van der Waals surface area (Å²) >= 11 is 6.22. The zero-order chi connectivity index (χ0) is 14.7. The molecule has 0 unspecified atom stereocenters. The van der Waals surface area contributed by atoms with Gasteiger partial charge in [0, 0.05) is 30.3 Å². The maximum atomic E-state index is 6.22. The summed E-state index contributed by atoms with van der Waals surface area (Å²) in [5, 5.41) is 4.38. The molecule has 3 rings (SSSR count). The Bertz CT molecular complexity index is 452. The lowest BCUT2D eigenvalue weighted by Crippen LogP contribution is -2.29. The second kappa shape index (κ2) is 7.02. The van der Waals surface area contributed by atoms with Crippen molar-refractivity contribution in [2.24, 2.45) is 11.8 Å². The summed E-state index contributed by atoms with van der Waals surface area (Å²) in [5.41, 5.74) is 2.76. The molecule has 2 aliphatic rings. The van der Waals surface area contributed by atoms with Crippen LogP contribution in [0.15, 0.2) is 18.2 Å². The third-order valence-electron chi connectivity index (χ3n) is 4.48. The van der Waals surface area contributed by atoms with E-state index in [9.17, 15) is 0 Å². The van der Waals surface area contributed by atoms with Crippen molar-refractivity contribution >= 4 is 17.3 Å². The summed E-state index contributed by atoms with van der Waals surface area (Å²) in [5.74, 6) is 1.85. The molecule has 0 aromatic heterocycles. The first-order valence-electron chi connectivity index (χ1n) is 8.50. The molecule has 0 spiro atoms. The normalized spacial score (nSPS) is 18.0. The van der Waals surface area contributed by atoms with Crippen LogP contribution >= 0.6 is 11.6 Å². The molecule has 3 heteroatoms. The lowest BCUT2D eigenvalue weighted by atomic mass is 10.1. The number of halogens is 1. The summed E-state index contributed by atoms with van der Waals surface area (Å²) in [6.07, 6.45) is 6.83. The molecule has 0 amide bonds. The van der Waals surface area contributed by atoms with Gasteiger partial charge in [0.25, 0.3) is 0 Å². The van der Waals surface area contributed by atoms with Gasteiger partial charge in [-0.05, 0) is 74.2 Å². The Balaban J connectivity index is 1.74. The average Bonchev–Trinajstić information content (AvgIpc) is 3.34. The fourth-order valence-electron chi connectivity index (χ4n) is 2.90. The van der Waals surface area contributed by atoms with Crippen molar-refractivity contribution in [2.45, 2.75) is 45.6 Å². The molecule has 0 aliphatic heterocycles. The largest absolute Gasteiger partial charge is 0.371 e. The molecule has 0 bridgehead atoms. The molecular weight excluding hydrogens is 280 g/mol. The number of nitrogens with one attached hydrogen (secondary N) is 1. The van der Waals surface area contributed by atoms with Crippen molar-refractivity contribution < 1.29 is 0 Å². The second-order valence-electron chi connectivity index (χ2n) is 6.74. The summed E-state index contributed by atoms with van der Waals surface area (Å²) in [7, 11) is 0. The van der Waals surface area contributed by atoms with E-state index in [2.05, 4.69) is 29.3 Å². The maximum Gasteiger partial charge on any atom is 0.0413 e. The van der Waals surface area contributed by atoms with E-state index >= 15 is 0 Å². The van der Waals surface area contributed by atoms with Crippen LogP contribution in [0.5, 0.6) is 0 Å². The summed E-state index contributed by atoms with van der Waals surface area (Å²) in [6.45, 7) is 6.67. The van der Waals surface area contributed by atoms with Crippen LogP contribution in [0.2, 0.25) is 5.02 Å². The highest BCUT2D eigenvalue weighted by molar-refractivity contribution is 6.30. The third kappa shape index (κ3) is 4.62. The number of anilines is 1. The van der Waals surface area contributed by atoms with Gasteiger partial charge in [-0.15, -0.1) is 0 Å². The summed E-state index contributed by atoms with van der Waals surface area (Å²) < 4.78 is 0. The molecule has 1 N–H and O–H groups in total. The van der Waals surface area contributed by atoms with E-state index in [0.717, 1.165) is 29.9 Å². The highest BCUT2D eigenvalue weighted by Crippen LogP contribution is 2.37. The summed E-state index contributed by atoms with van der Waals surface area (Å²) in [4.78, 5) is 2.63. The Morgan fingerprint density at radius 3 is 2.38 bits per heavy atom. The maximum absolute atomic E-state index is 6.22. The lowest BCUT2D eigenvalue weighted by molar-refractivity contribution is 0.655. The second-order valence-corrected chi connectivity index (χ2v) is 7.18. The Morgan fingerprint density at radius 1 is 1.14 bits per heavy atom. The van der Waals surface area contributed by atoms with E-state index in [0.29, 0.717) is 0 Å². The van der Waals surface area contributed by atoms with Crippen molar-refractivity contribution in [3.8, 4) is 0 Å². The van der Waals surface area contributed by atoms with Crippen LogP contribution in [0.4, 0.5) is 5.69 Å². The van der Waals surface area contributed by atoms with E-state index in [-0.39, 0.29) is 0 Å². The molecule has 1 aromatic carbocycles. The van der Waals surface area contributed by atoms with Crippen molar-refractivity contribution in [2.75, 3.05) is 24.5 Å². The van der Waals surface area contributed by atoms with E-state index in [1.165, 1.54) is 56.4 Å². The highest BCUT2D eigenvalue weighted by Gasteiger charge is 2.30. The van der Waals surface area contributed by atoms with E-state index < -0.39 is 0 Å². The van der Waals surface area contributed by atoms with Gasteiger partial charge in [0.2, 0.25) is 0 Å². The Labute approximate surface area is 133 Å². The number of nitrogens with zero attached hydrogens (tertiary/aromatic N) is 1. The quantitative estimate of drug-likeness (QED) is 0.677. The number of rotatable bonds is 9. The van der Waals surface area contributed by atoms with Gasteiger partial charge < -0.3 is 10.2 Å². The van der Waals surface area contributed by atoms with Crippen LogP contribution in [-0.4, -0.2) is 19.6 Å². The van der Waals surface area contributed by atoms with Crippen molar-refractivity contribution in [1.29, 1.82) is 0 Å². The molecule has 116 valence electrons. The monoisotopic (exact) mass is 306 g/mol. The predicted octanol–water partition coefficient (Wildman–Crippen LogP) is 4.47. The van der Waals surface area contributed by atoms with Crippen molar-refractivity contribution in [3.05, 3.63) is 28.8 Å². The van der Waals surface area contributed by atoms with Gasteiger partial charge in [-0.3, -0.25) is 0 Å². The van der Waals surface area contributed by atoms with Crippen LogP contribution < -0.4 is 10.2 Å². The van der Waals surface area contributed by atoms with Crippen LogP contribution in [-0.2, 0) is 6.54 Å². The van der Waals surface area contributed by atoms with Gasteiger partial charge >= 0.3 is 0 Å². The van der Waals surface area contributed by atoms with Crippen LogP contribution in [0.1, 0.15) is 44.6 Å². The van der Waals surface area contributed by atoms with Crippen molar-refractivity contribution in [3.63, 3.8) is 0 Å². The molecule has 0 radical (unpaired) electrons. The van der Waals surface area contributed by atoms with Gasteiger partial charge in [-0.2, -0.15) is 0 Å². The fraction of sp³-hybridized carbons (Fsp3) is 0.667. The van der Waals surface area contributed by atoms with Crippen LogP contribution in [0.3, 0.4) is 0 Å². The molecule has 1 aromatic rings. The minimum Gasteiger partial charge on any atom is -0.371 e. The minimum atomic E-state index is 0.852. The zero-order valence-electron chi connectivity index (χ0n) is 13.1. The Kier molecular flexibility index (Phi) is 5.07. The standard InChI is InChI=1S/C18H27ClN2/c1-2-9-20-11-16-10-17(19)7-8-18(16)21(12-14-3-4-14)13-15-5-6-15/h7-8,10,14-15,20H,2-6,9,11-13H2,1H3. The first-order chi connectivity index (χ1) is 10.3. The topological polar surface area (TPSA) is 15.3 Å². The lowest BCUT2D eigenvalue weighted by Gasteiger charge is -2.28. The molecular formula is C18H27ClN2. The number of hydrogen-bond donors (Lipinski definition) is 1. The van der Waals surface area contributed by atoms with Gasteiger partial charge in [0.1, 0.15) is 0 Å². The highest BCUT2D eigenvalue weighted by atomic mass is 35.5. The number of hydrogen-bond acceptors (Lipinski definition) is 2. The van der Waals surface area contributed by atoms with E-state index in [1.807, 2.05) is 6.07 Å². The van der Waals surface area contributed by atoms with Gasteiger partial charge in [0.15, 0.2) is 0 Å². The predicted molar refractivity (Wildman–Crippen MR) is 91.1 cm³/mol. The fourth-order valence-corrected chi connectivity index (χ4v) is 3.09. The molecule has 2 saturated carbocycles.